The zero-order valence-corrected chi connectivity index (χ0v) is 11.3. The van der Waals surface area contributed by atoms with Gasteiger partial charge in [-0.15, -0.1) is 0 Å². The van der Waals surface area contributed by atoms with Crippen molar-refractivity contribution in [2.75, 3.05) is 6.54 Å². The van der Waals surface area contributed by atoms with E-state index in [0.29, 0.717) is 10.3 Å². The van der Waals surface area contributed by atoms with Crippen LogP contribution in [0.2, 0.25) is 0 Å². The van der Waals surface area contributed by atoms with E-state index in [2.05, 4.69) is 53.6 Å². The van der Waals surface area contributed by atoms with Gasteiger partial charge >= 0.3 is 0 Å². The average molecular weight is 203 g/mol. The predicted octanol–water partition coefficient (Wildman–Crippen LogP) is 3.98. The smallest absolute Gasteiger partial charge is 0.00122 e. The molecule has 0 saturated heterocycles. The molecule has 2 heteroatoms. The summed E-state index contributed by atoms with van der Waals surface area (Å²) in [6, 6.07) is 0. The Bertz CT molecular complexity index is 127. The van der Waals surface area contributed by atoms with E-state index in [4.69, 9.17) is 0 Å². The molecule has 0 rings (SSSR count). The first-order chi connectivity index (χ1) is 5.69. The first-order valence-electron chi connectivity index (χ1n) is 5.23. The van der Waals surface area contributed by atoms with Gasteiger partial charge in [-0.05, 0) is 31.4 Å². The summed E-state index contributed by atoms with van der Waals surface area (Å²) in [4.78, 5) is 0. The van der Waals surface area contributed by atoms with Gasteiger partial charge in [-0.25, -0.2) is 0 Å². The summed E-state index contributed by atoms with van der Waals surface area (Å²) in [7, 11) is -0.0986. The summed E-state index contributed by atoms with van der Waals surface area (Å²) in [5.74, 6) is 0. The molecule has 0 atom stereocenters. The van der Waals surface area contributed by atoms with Crippen molar-refractivity contribution in [3.8, 4) is 0 Å². The summed E-state index contributed by atoms with van der Waals surface area (Å²) in [6.45, 7) is 17.4. The molecule has 1 nitrogen and oxygen atoms in total. The number of nitrogens with one attached hydrogen (secondary N) is 1. The maximum Gasteiger partial charge on any atom is -0.00122 e. The summed E-state index contributed by atoms with van der Waals surface area (Å²) in [6.07, 6.45) is 1.23. The van der Waals surface area contributed by atoms with Gasteiger partial charge < -0.3 is 0 Å². The molecule has 0 spiro atoms. The molecule has 0 amide bonds. The highest BCUT2D eigenvalue weighted by Gasteiger charge is 2.33. The van der Waals surface area contributed by atoms with Crippen molar-refractivity contribution >= 4 is 8.07 Å². The lowest BCUT2D eigenvalue weighted by Crippen LogP contribution is -2.33. The molecule has 0 fully saturated rings. The first kappa shape index (κ1) is 13.4. The van der Waals surface area contributed by atoms with Crippen molar-refractivity contribution < 1.29 is 0 Å². The fraction of sp³-hybridized carbons (Fsp3) is 1.00. The van der Waals surface area contributed by atoms with E-state index in [-0.39, 0.29) is 8.07 Å². The van der Waals surface area contributed by atoms with Gasteiger partial charge in [0.15, 0.2) is 0 Å². The second-order valence-corrected chi connectivity index (χ2v) is 9.26. The zero-order chi connectivity index (χ0) is 10.7. The molecule has 0 saturated carbocycles. The molecule has 0 aromatic rings. The Labute approximate surface area is 85.5 Å². The van der Waals surface area contributed by atoms with E-state index in [1.54, 1.807) is 0 Å². The molecule has 0 aromatic carbocycles. The van der Waals surface area contributed by atoms with Gasteiger partial charge in [0.2, 0.25) is 0 Å². The molecule has 0 aliphatic heterocycles. The van der Waals surface area contributed by atoms with Crippen molar-refractivity contribution in [1.29, 1.82) is 0 Å². The van der Waals surface area contributed by atoms with Crippen LogP contribution in [0.25, 0.3) is 0 Å². The minimum absolute atomic E-state index is 0.0986. The Balaban J connectivity index is 4.39. The van der Waals surface area contributed by atoms with Crippen LogP contribution in [0.3, 0.4) is 0 Å². The second-order valence-electron chi connectivity index (χ2n) is 5.59. The van der Waals surface area contributed by atoms with Gasteiger partial charge in [-0.1, -0.05) is 48.5 Å². The van der Waals surface area contributed by atoms with Crippen molar-refractivity contribution in [2.24, 2.45) is 0 Å². The summed E-state index contributed by atoms with van der Waals surface area (Å²) < 4.78 is 0. The van der Waals surface area contributed by atoms with E-state index in [0.717, 1.165) is 6.54 Å². The minimum Gasteiger partial charge on any atom is -0.295 e. The lowest BCUT2D eigenvalue weighted by molar-refractivity contribution is 0.678. The lowest BCUT2D eigenvalue weighted by atomic mass is 10.2. The maximum atomic E-state index is 3.71. The Kier molecular flexibility index (Phi) is 4.90. The van der Waals surface area contributed by atoms with Crippen LogP contribution in [0.5, 0.6) is 0 Å². The monoisotopic (exact) mass is 203 g/mol. The maximum absolute atomic E-state index is 3.71. The van der Waals surface area contributed by atoms with Gasteiger partial charge in [-0.2, -0.15) is 0 Å². The number of hydrogen-bond donors (Lipinski definition) is 1. The topological polar surface area (TPSA) is 12.0 Å². The van der Waals surface area contributed by atoms with Gasteiger partial charge in [0.05, 0.1) is 0 Å². The molecule has 0 radical (unpaired) electrons. The van der Waals surface area contributed by atoms with Crippen LogP contribution >= 0.6 is 8.07 Å². The largest absolute Gasteiger partial charge is 0.295 e. The average Bonchev–Trinajstić information content (AvgIpc) is 1.81. The SMILES string of the molecule is CCCNP(C(C)(C)C)C(C)(C)C. The minimum atomic E-state index is -0.0986. The van der Waals surface area contributed by atoms with Gasteiger partial charge in [0.1, 0.15) is 0 Å². The van der Waals surface area contributed by atoms with Crippen LogP contribution in [0.4, 0.5) is 0 Å². The Morgan fingerprint density at radius 3 is 1.54 bits per heavy atom. The molecule has 0 unspecified atom stereocenters. The Morgan fingerprint density at radius 2 is 1.31 bits per heavy atom. The molecule has 1 N–H and O–H groups in total. The molecule has 13 heavy (non-hydrogen) atoms. The molecule has 0 heterocycles. The van der Waals surface area contributed by atoms with Gasteiger partial charge in [0, 0.05) is 0 Å². The molecule has 0 aromatic heterocycles. The predicted molar refractivity (Wildman–Crippen MR) is 64.7 cm³/mol. The normalized spacial score (nSPS) is 13.8. The molecular weight excluding hydrogens is 177 g/mol. The summed E-state index contributed by atoms with van der Waals surface area (Å²) >= 11 is 0. The van der Waals surface area contributed by atoms with Crippen molar-refractivity contribution in [1.82, 2.24) is 5.09 Å². The summed E-state index contributed by atoms with van der Waals surface area (Å²) in [5, 5.41) is 4.53. The quantitative estimate of drug-likeness (QED) is 0.684. The van der Waals surface area contributed by atoms with E-state index < -0.39 is 0 Å². The van der Waals surface area contributed by atoms with Gasteiger partial charge in [0.25, 0.3) is 0 Å². The Morgan fingerprint density at radius 1 is 0.923 bits per heavy atom. The third kappa shape index (κ3) is 4.98. The number of rotatable bonds is 3. The van der Waals surface area contributed by atoms with E-state index in [1.165, 1.54) is 6.42 Å². The van der Waals surface area contributed by atoms with E-state index in [9.17, 15) is 0 Å². The highest BCUT2D eigenvalue weighted by atomic mass is 31.1. The van der Waals surface area contributed by atoms with Gasteiger partial charge in [-0.3, -0.25) is 5.09 Å². The molecule has 0 bridgehead atoms. The first-order valence-corrected chi connectivity index (χ1v) is 6.57. The zero-order valence-electron chi connectivity index (χ0n) is 10.4. The van der Waals surface area contributed by atoms with Crippen molar-refractivity contribution in [3.63, 3.8) is 0 Å². The molecule has 0 aliphatic rings. The van der Waals surface area contributed by atoms with Crippen LogP contribution in [-0.2, 0) is 0 Å². The highest BCUT2D eigenvalue weighted by molar-refractivity contribution is 7.58. The molecular formula is C11H26NP. The highest BCUT2D eigenvalue weighted by Crippen LogP contribution is 2.55. The van der Waals surface area contributed by atoms with Crippen LogP contribution in [0.15, 0.2) is 0 Å². The van der Waals surface area contributed by atoms with E-state index >= 15 is 0 Å². The molecule has 0 aliphatic carbocycles. The molecule has 80 valence electrons. The third-order valence-corrected chi connectivity index (χ3v) is 5.08. The van der Waals surface area contributed by atoms with Crippen LogP contribution in [0.1, 0.15) is 54.9 Å². The fourth-order valence-corrected chi connectivity index (χ4v) is 5.11. The van der Waals surface area contributed by atoms with Crippen molar-refractivity contribution in [2.45, 2.75) is 65.2 Å². The third-order valence-electron chi connectivity index (χ3n) is 1.86. The standard InChI is InChI=1S/C11H26NP/c1-8-9-12-13(10(2,3)4)11(5,6)7/h12H,8-9H2,1-7H3. The number of hydrogen-bond acceptors (Lipinski definition) is 1. The van der Waals surface area contributed by atoms with Crippen LogP contribution in [-0.4, -0.2) is 16.9 Å². The van der Waals surface area contributed by atoms with E-state index in [1.807, 2.05) is 0 Å². The summed E-state index contributed by atoms with van der Waals surface area (Å²) in [5.41, 5.74) is 0. The van der Waals surface area contributed by atoms with Crippen LogP contribution < -0.4 is 5.09 Å². The van der Waals surface area contributed by atoms with Crippen LogP contribution in [0, 0.1) is 0 Å². The fourth-order valence-electron chi connectivity index (χ4n) is 1.70. The lowest BCUT2D eigenvalue weighted by Gasteiger charge is -2.41. The van der Waals surface area contributed by atoms with Crippen molar-refractivity contribution in [3.05, 3.63) is 0 Å². The Hall–Kier alpha value is 0.390. The second kappa shape index (κ2) is 4.75.